The Bertz CT molecular complexity index is 397. The Hall–Kier alpha value is -0.640. The second-order valence-corrected chi connectivity index (χ2v) is 5.13. The highest BCUT2D eigenvalue weighted by atomic mass is 35.5. The zero-order chi connectivity index (χ0) is 13.0. The lowest BCUT2D eigenvalue weighted by atomic mass is 9.89. The van der Waals surface area contributed by atoms with E-state index >= 15 is 0 Å². The summed E-state index contributed by atoms with van der Waals surface area (Å²) in [5.41, 5.74) is 0.870. The summed E-state index contributed by atoms with van der Waals surface area (Å²) >= 11 is 6.11. The smallest absolute Gasteiger partial charge is 0.123 e. The average Bonchev–Trinajstić information content (AvgIpc) is 2.36. The first-order valence-electron chi connectivity index (χ1n) is 6.45. The van der Waals surface area contributed by atoms with Gasteiger partial charge in [-0.1, -0.05) is 18.5 Å². The summed E-state index contributed by atoms with van der Waals surface area (Å²) < 4.78 is 18.8. The van der Waals surface area contributed by atoms with E-state index in [2.05, 4.69) is 12.2 Å². The molecule has 0 bridgehead atoms. The molecule has 4 heteroatoms. The molecule has 0 radical (unpaired) electrons. The van der Waals surface area contributed by atoms with Gasteiger partial charge in [-0.3, -0.25) is 0 Å². The van der Waals surface area contributed by atoms with Gasteiger partial charge in [0.25, 0.3) is 0 Å². The topological polar surface area (TPSA) is 21.3 Å². The fourth-order valence-corrected chi connectivity index (χ4v) is 2.71. The SMILES string of the molecule is CCNC1CCOCC1Cc1cc(F)ccc1Cl. The molecule has 1 heterocycles. The molecule has 1 aliphatic heterocycles. The molecule has 0 aliphatic carbocycles. The van der Waals surface area contributed by atoms with E-state index in [1.165, 1.54) is 12.1 Å². The van der Waals surface area contributed by atoms with Gasteiger partial charge in [0.1, 0.15) is 5.82 Å². The third-order valence-electron chi connectivity index (χ3n) is 3.43. The highest BCUT2D eigenvalue weighted by Gasteiger charge is 2.25. The summed E-state index contributed by atoms with van der Waals surface area (Å²) in [4.78, 5) is 0. The minimum absolute atomic E-state index is 0.230. The van der Waals surface area contributed by atoms with Crippen molar-refractivity contribution in [2.45, 2.75) is 25.8 Å². The van der Waals surface area contributed by atoms with Crippen LogP contribution in [0.2, 0.25) is 5.02 Å². The largest absolute Gasteiger partial charge is 0.381 e. The van der Waals surface area contributed by atoms with Crippen LogP contribution in [0, 0.1) is 11.7 Å². The summed E-state index contributed by atoms with van der Waals surface area (Å²) in [5.74, 6) is 0.129. The number of hydrogen-bond acceptors (Lipinski definition) is 2. The van der Waals surface area contributed by atoms with Crippen molar-refractivity contribution >= 4 is 11.6 Å². The van der Waals surface area contributed by atoms with E-state index in [4.69, 9.17) is 16.3 Å². The van der Waals surface area contributed by atoms with Crippen molar-refractivity contribution in [1.29, 1.82) is 0 Å². The molecule has 2 unspecified atom stereocenters. The second-order valence-electron chi connectivity index (χ2n) is 4.73. The molecular weight excluding hydrogens is 253 g/mol. The zero-order valence-electron chi connectivity index (χ0n) is 10.6. The molecule has 1 N–H and O–H groups in total. The van der Waals surface area contributed by atoms with Crippen LogP contribution in [-0.4, -0.2) is 25.8 Å². The first-order valence-corrected chi connectivity index (χ1v) is 6.83. The van der Waals surface area contributed by atoms with E-state index < -0.39 is 0 Å². The third kappa shape index (κ3) is 3.44. The molecule has 2 atom stereocenters. The molecule has 0 amide bonds. The monoisotopic (exact) mass is 271 g/mol. The van der Waals surface area contributed by atoms with Crippen LogP contribution < -0.4 is 5.32 Å². The molecule has 1 saturated heterocycles. The Kier molecular flexibility index (Phi) is 4.98. The van der Waals surface area contributed by atoms with Crippen LogP contribution in [0.25, 0.3) is 0 Å². The summed E-state index contributed by atoms with van der Waals surface area (Å²) in [7, 11) is 0. The first-order chi connectivity index (χ1) is 8.70. The molecule has 2 rings (SSSR count). The molecular formula is C14H19ClFNO. The van der Waals surface area contributed by atoms with Gasteiger partial charge in [-0.2, -0.15) is 0 Å². The van der Waals surface area contributed by atoms with Crippen LogP contribution in [0.1, 0.15) is 18.9 Å². The van der Waals surface area contributed by atoms with Crippen molar-refractivity contribution in [1.82, 2.24) is 5.32 Å². The lowest BCUT2D eigenvalue weighted by Crippen LogP contribution is -2.43. The van der Waals surface area contributed by atoms with Gasteiger partial charge in [-0.25, -0.2) is 4.39 Å². The van der Waals surface area contributed by atoms with Crippen molar-refractivity contribution in [2.24, 2.45) is 5.92 Å². The van der Waals surface area contributed by atoms with Crippen molar-refractivity contribution < 1.29 is 9.13 Å². The van der Waals surface area contributed by atoms with Gasteiger partial charge < -0.3 is 10.1 Å². The molecule has 2 nitrogen and oxygen atoms in total. The van der Waals surface area contributed by atoms with E-state index in [0.29, 0.717) is 23.6 Å². The number of benzene rings is 1. The summed E-state index contributed by atoms with van der Waals surface area (Å²) in [6.45, 7) is 4.55. The van der Waals surface area contributed by atoms with Gasteiger partial charge in [0.15, 0.2) is 0 Å². The van der Waals surface area contributed by atoms with Crippen LogP contribution in [0.3, 0.4) is 0 Å². The van der Waals surface area contributed by atoms with Crippen LogP contribution in [0.4, 0.5) is 4.39 Å². The van der Waals surface area contributed by atoms with E-state index in [1.807, 2.05) is 0 Å². The first kappa shape index (κ1) is 13.8. The number of halogens is 2. The highest BCUT2D eigenvalue weighted by molar-refractivity contribution is 6.31. The lowest BCUT2D eigenvalue weighted by molar-refractivity contribution is 0.0326. The van der Waals surface area contributed by atoms with Crippen LogP contribution >= 0.6 is 11.6 Å². The predicted octanol–water partition coefficient (Wildman–Crippen LogP) is 3.04. The number of hydrogen-bond donors (Lipinski definition) is 1. The normalized spacial score (nSPS) is 24.2. The Labute approximate surface area is 112 Å². The van der Waals surface area contributed by atoms with E-state index in [-0.39, 0.29) is 5.82 Å². The molecule has 0 spiro atoms. The molecule has 1 aliphatic rings. The fourth-order valence-electron chi connectivity index (χ4n) is 2.51. The summed E-state index contributed by atoms with van der Waals surface area (Å²) in [5, 5.41) is 4.11. The van der Waals surface area contributed by atoms with Crippen molar-refractivity contribution in [3.05, 3.63) is 34.6 Å². The van der Waals surface area contributed by atoms with E-state index in [9.17, 15) is 4.39 Å². The average molecular weight is 272 g/mol. The minimum atomic E-state index is -0.230. The van der Waals surface area contributed by atoms with Gasteiger partial charge in [0, 0.05) is 23.6 Å². The Morgan fingerprint density at radius 2 is 2.33 bits per heavy atom. The van der Waals surface area contributed by atoms with Crippen LogP contribution in [-0.2, 0) is 11.2 Å². The van der Waals surface area contributed by atoms with E-state index in [0.717, 1.165) is 31.6 Å². The Morgan fingerprint density at radius 1 is 1.50 bits per heavy atom. The third-order valence-corrected chi connectivity index (χ3v) is 3.80. The molecule has 18 heavy (non-hydrogen) atoms. The summed E-state index contributed by atoms with van der Waals surface area (Å²) in [6, 6.07) is 4.98. The lowest BCUT2D eigenvalue weighted by Gasteiger charge is -2.32. The fraction of sp³-hybridized carbons (Fsp3) is 0.571. The van der Waals surface area contributed by atoms with Gasteiger partial charge in [0.05, 0.1) is 6.61 Å². The van der Waals surface area contributed by atoms with Gasteiger partial charge in [-0.05, 0) is 43.1 Å². The van der Waals surface area contributed by atoms with Crippen LogP contribution in [0.5, 0.6) is 0 Å². The Morgan fingerprint density at radius 3 is 3.11 bits per heavy atom. The van der Waals surface area contributed by atoms with Gasteiger partial charge in [-0.15, -0.1) is 0 Å². The van der Waals surface area contributed by atoms with Crippen molar-refractivity contribution in [2.75, 3.05) is 19.8 Å². The van der Waals surface area contributed by atoms with Crippen molar-refractivity contribution in [3.8, 4) is 0 Å². The van der Waals surface area contributed by atoms with Gasteiger partial charge >= 0.3 is 0 Å². The number of ether oxygens (including phenoxy) is 1. The molecule has 1 aromatic carbocycles. The molecule has 1 aromatic rings. The number of nitrogens with one attached hydrogen (secondary N) is 1. The Balaban J connectivity index is 2.08. The van der Waals surface area contributed by atoms with Crippen LogP contribution in [0.15, 0.2) is 18.2 Å². The minimum Gasteiger partial charge on any atom is -0.381 e. The quantitative estimate of drug-likeness (QED) is 0.909. The second kappa shape index (κ2) is 6.50. The maximum atomic E-state index is 13.2. The molecule has 0 saturated carbocycles. The molecule has 1 fully saturated rings. The highest BCUT2D eigenvalue weighted by Crippen LogP contribution is 2.25. The molecule has 0 aromatic heterocycles. The maximum absolute atomic E-state index is 13.2. The zero-order valence-corrected chi connectivity index (χ0v) is 11.3. The maximum Gasteiger partial charge on any atom is 0.123 e. The van der Waals surface area contributed by atoms with Crippen molar-refractivity contribution in [3.63, 3.8) is 0 Å². The molecule has 100 valence electrons. The number of rotatable bonds is 4. The standard InChI is InChI=1S/C14H19ClFNO/c1-2-17-14-5-6-18-9-11(14)7-10-8-12(16)3-4-13(10)15/h3-4,8,11,14,17H,2,5-7,9H2,1H3. The van der Waals surface area contributed by atoms with E-state index in [1.54, 1.807) is 6.07 Å². The summed E-state index contributed by atoms with van der Waals surface area (Å²) in [6.07, 6.45) is 1.76. The predicted molar refractivity (Wildman–Crippen MR) is 71.5 cm³/mol. The van der Waals surface area contributed by atoms with Gasteiger partial charge in [0.2, 0.25) is 0 Å².